The van der Waals surface area contributed by atoms with E-state index < -0.39 is 0 Å². The van der Waals surface area contributed by atoms with Gasteiger partial charge in [-0.15, -0.1) is 0 Å². The molecule has 4 heteroatoms. The molecule has 0 aliphatic heterocycles. The quantitative estimate of drug-likeness (QED) is 0.697. The number of hydrogen-bond acceptors (Lipinski definition) is 2. The maximum atomic E-state index is 5.56. The third-order valence-corrected chi connectivity index (χ3v) is 1.91. The van der Waals surface area contributed by atoms with Gasteiger partial charge in [0.05, 0.1) is 0 Å². The molecule has 1 rings (SSSR count). The number of thiocarbonyl (C=S) groups is 1. The molecule has 0 bridgehead atoms. The molecule has 0 aliphatic rings. The lowest BCUT2D eigenvalue weighted by Gasteiger charge is -2.21. The second-order valence-corrected chi connectivity index (χ2v) is 3.03. The molecule has 0 saturated heterocycles. The molecule has 13 heavy (non-hydrogen) atoms. The number of rotatable bonds is 3. The minimum absolute atomic E-state index is 0.358. The van der Waals surface area contributed by atoms with Gasteiger partial charge in [0.1, 0.15) is 0 Å². The summed E-state index contributed by atoms with van der Waals surface area (Å²) in [6, 6.07) is 9.74. The Morgan fingerprint density at radius 2 is 1.92 bits per heavy atom. The predicted molar refractivity (Wildman–Crippen MR) is 59.6 cm³/mol. The van der Waals surface area contributed by atoms with E-state index in [1.54, 1.807) is 0 Å². The molecule has 0 aliphatic carbocycles. The average Bonchev–Trinajstić information content (AvgIpc) is 2.15. The van der Waals surface area contributed by atoms with E-state index in [1.165, 1.54) is 0 Å². The van der Waals surface area contributed by atoms with E-state index in [4.69, 9.17) is 23.7 Å². The van der Waals surface area contributed by atoms with Crippen LogP contribution in [0.2, 0.25) is 0 Å². The fourth-order valence-electron chi connectivity index (χ4n) is 1.10. The Morgan fingerprint density at radius 3 is 2.38 bits per heavy atom. The molecular formula is C9H13N3S. The molecular weight excluding hydrogens is 182 g/mol. The van der Waals surface area contributed by atoms with E-state index in [-0.39, 0.29) is 0 Å². The zero-order valence-electron chi connectivity index (χ0n) is 7.31. The Labute approximate surface area is 83.3 Å². The van der Waals surface area contributed by atoms with Crippen molar-refractivity contribution in [3.8, 4) is 0 Å². The summed E-state index contributed by atoms with van der Waals surface area (Å²) in [5, 5.41) is 0.358. The van der Waals surface area contributed by atoms with Crippen LogP contribution in [0, 0.1) is 0 Å². The van der Waals surface area contributed by atoms with Gasteiger partial charge in [-0.2, -0.15) is 0 Å². The average molecular weight is 195 g/mol. The van der Waals surface area contributed by atoms with Gasteiger partial charge in [0.2, 0.25) is 0 Å². The van der Waals surface area contributed by atoms with Crippen LogP contribution in [0.3, 0.4) is 0 Å². The SMILES string of the molecule is NCCN(C(N)=S)c1ccccc1. The highest BCUT2D eigenvalue weighted by Gasteiger charge is 2.06. The smallest absolute Gasteiger partial charge is 0.170 e. The molecule has 1 aromatic rings. The zero-order chi connectivity index (χ0) is 9.68. The minimum atomic E-state index is 0.358. The molecule has 70 valence electrons. The molecule has 0 amide bonds. The molecule has 4 N–H and O–H groups in total. The van der Waals surface area contributed by atoms with E-state index in [9.17, 15) is 0 Å². The highest BCUT2D eigenvalue weighted by atomic mass is 32.1. The predicted octanol–water partition coefficient (Wildman–Crippen LogP) is 0.695. The topological polar surface area (TPSA) is 55.3 Å². The van der Waals surface area contributed by atoms with Crippen molar-refractivity contribution in [1.29, 1.82) is 0 Å². The summed E-state index contributed by atoms with van der Waals surface area (Å²) in [6.45, 7) is 1.19. The van der Waals surface area contributed by atoms with Crippen molar-refractivity contribution in [1.82, 2.24) is 0 Å². The van der Waals surface area contributed by atoms with Crippen molar-refractivity contribution in [2.24, 2.45) is 11.5 Å². The van der Waals surface area contributed by atoms with Crippen LogP contribution in [0.4, 0.5) is 5.69 Å². The summed E-state index contributed by atoms with van der Waals surface area (Å²) in [5.74, 6) is 0. The van der Waals surface area contributed by atoms with Gasteiger partial charge in [0.15, 0.2) is 5.11 Å². The van der Waals surface area contributed by atoms with Gasteiger partial charge >= 0.3 is 0 Å². The maximum Gasteiger partial charge on any atom is 0.170 e. The monoisotopic (exact) mass is 195 g/mol. The van der Waals surface area contributed by atoms with Crippen molar-refractivity contribution in [3.63, 3.8) is 0 Å². The van der Waals surface area contributed by atoms with Crippen LogP contribution in [-0.4, -0.2) is 18.2 Å². The molecule has 0 aromatic heterocycles. The van der Waals surface area contributed by atoms with E-state index >= 15 is 0 Å². The highest BCUT2D eigenvalue weighted by molar-refractivity contribution is 7.80. The number of benzene rings is 1. The van der Waals surface area contributed by atoms with Crippen molar-refractivity contribution in [2.45, 2.75) is 0 Å². The summed E-state index contributed by atoms with van der Waals surface area (Å²) in [6.07, 6.45) is 0. The van der Waals surface area contributed by atoms with Gasteiger partial charge in [-0.3, -0.25) is 0 Å². The molecule has 0 radical (unpaired) electrons. The molecule has 3 nitrogen and oxygen atoms in total. The van der Waals surface area contributed by atoms with Gasteiger partial charge in [0.25, 0.3) is 0 Å². The normalized spacial score (nSPS) is 9.62. The number of para-hydroxylation sites is 1. The molecule has 0 unspecified atom stereocenters. The molecule has 0 atom stereocenters. The molecule has 0 fully saturated rings. The van der Waals surface area contributed by atoms with Crippen molar-refractivity contribution in [3.05, 3.63) is 30.3 Å². The lowest BCUT2D eigenvalue weighted by atomic mass is 10.3. The Kier molecular flexibility index (Phi) is 3.67. The summed E-state index contributed by atoms with van der Waals surface area (Å²) in [4.78, 5) is 1.81. The summed E-state index contributed by atoms with van der Waals surface area (Å²) >= 11 is 4.91. The maximum absolute atomic E-state index is 5.56. The van der Waals surface area contributed by atoms with E-state index in [0.29, 0.717) is 18.2 Å². The van der Waals surface area contributed by atoms with Crippen molar-refractivity contribution in [2.75, 3.05) is 18.0 Å². The van der Waals surface area contributed by atoms with Crippen LogP contribution in [0.25, 0.3) is 0 Å². The lowest BCUT2D eigenvalue weighted by Crippen LogP contribution is -2.38. The Bertz CT molecular complexity index is 273. The second-order valence-electron chi connectivity index (χ2n) is 2.61. The van der Waals surface area contributed by atoms with Gasteiger partial charge in [0, 0.05) is 18.8 Å². The first-order chi connectivity index (χ1) is 6.25. The highest BCUT2D eigenvalue weighted by Crippen LogP contribution is 2.11. The third-order valence-electron chi connectivity index (χ3n) is 1.69. The molecule has 0 spiro atoms. The van der Waals surface area contributed by atoms with Crippen LogP contribution in [0.1, 0.15) is 0 Å². The number of anilines is 1. The largest absolute Gasteiger partial charge is 0.376 e. The lowest BCUT2D eigenvalue weighted by molar-refractivity contribution is 0.943. The Morgan fingerprint density at radius 1 is 1.31 bits per heavy atom. The standard InChI is InChI=1S/C9H13N3S/c10-6-7-12(9(11)13)8-4-2-1-3-5-8/h1-5H,6-7,10H2,(H2,11,13). The second kappa shape index (κ2) is 4.79. The minimum Gasteiger partial charge on any atom is -0.376 e. The first-order valence-electron chi connectivity index (χ1n) is 4.08. The molecule has 0 saturated carbocycles. The number of nitrogens with zero attached hydrogens (tertiary/aromatic N) is 1. The van der Waals surface area contributed by atoms with E-state index in [2.05, 4.69) is 0 Å². The fourth-order valence-corrected chi connectivity index (χ4v) is 1.30. The van der Waals surface area contributed by atoms with Gasteiger partial charge in [-0.25, -0.2) is 0 Å². The Hall–Kier alpha value is -1.13. The van der Waals surface area contributed by atoms with Gasteiger partial charge < -0.3 is 16.4 Å². The fraction of sp³-hybridized carbons (Fsp3) is 0.222. The summed E-state index contributed by atoms with van der Waals surface area (Å²) < 4.78 is 0. The summed E-state index contributed by atoms with van der Waals surface area (Å²) in [5.41, 5.74) is 12.0. The zero-order valence-corrected chi connectivity index (χ0v) is 8.13. The third kappa shape index (κ3) is 2.68. The number of nitrogens with two attached hydrogens (primary N) is 2. The summed E-state index contributed by atoms with van der Waals surface area (Å²) in [7, 11) is 0. The van der Waals surface area contributed by atoms with Crippen LogP contribution in [0.5, 0.6) is 0 Å². The van der Waals surface area contributed by atoms with Gasteiger partial charge in [-0.1, -0.05) is 18.2 Å². The van der Waals surface area contributed by atoms with Crippen LogP contribution >= 0.6 is 12.2 Å². The van der Waals surface area contributed by atoms with E-state index in [0.717, 1.165) is 5.69 Å². The van der Waals surface area contributed by atoms with E-state index in [1.807, 2.05) is 35.2 Å². The van der Waals surface area contributed by atoms with Gasteiger partial charge in [-0.05, 0) is 24.4 Å². The van der Waals surface area contributed by atoms with Crippen molar-refractivity contribution >= 4 is 23.0 Å². The van der Waals surface area contributed by atoms with Crippen LogP contribution < -0.4 is 16.4 Å². The van der Waals surface area contributed by atoms with Crippen LogP contribution in [0.15, 0.2) is 30.3 Å². The number of hydrogen-bond donors (Lipinski definition) is 2. The first kappa shape index (κ1) is 9.95. The van der Waals surface area contributed by atoms with Crippen molar-refractivity contribution < 1.29 is 0 Å². The Balaban J connectivity index is 2.82. The first-order valence-corrected chi connectivity index (χ1v) is 4.48. The van der Waals surface area contributed by atoms with Crippen LogP contribution in [-0.2, 0) is 0 Å². The molecule has 0 heterocycles. The molecule has 1 aromatic carbocycles.